The van der Waals surface area contributed by atoms with Gasteiger partial charge in [-0.2, -0.15) is 0 Å². The quantitative estimate of drug-likeness (QED) is 0.553. The molecular formula is C11H17BrN2O3. The number of methoxy groups -OCH3 is 1. The Kier molecular flexibility index (Phi) is 4.04. The van der Waals surface area contributed by atoms with Crippen LogP contribution in [0, 0.1) is 0 Å². The molecule has 0 radical (unpaired) electrons. The Morgan fingerprint density at radius 3 is 3.06 bits per heavy atom. The van der Waals surface area contributed by atoms with Crippen LogP contribution in [0.4, 0.5) is 0 Å². The summed E-state index contributed by atoms with van der Waals surface area (Å²) < 4.78 is 4.68. The van der Waals surface area contributed by atoms with E-state index in [2.05, 4.69) is 25.6 Å². The predicted molar refractivity (Wildman–Crippen MR) is 65.9 cm³/mol. The highest BCUT2D eigenvalue weighted by Crippen LogP contribution is 2.23. The summed E-state index contributed by atoms with van der Waals surface area (Å²) in [5.41, 5.74) is 0. The van der Waals surface area contributed by atoms with E-state index in [9.17, 15) is 9.59 Å². The van der Waals surface area contributed by atoms with Gasteiger partial charge in [-0.25, -0.2) is 0 Å². The molecule has 2 aliphatic rings. The van der Waals surface area contributed by atoms with Crippen molar-refractivity contribution in [3.05, 3.63) is 0 Å². The van der Waals surface area contributed by atoms with Crippen LogP contribution in [-0.2, 0) is 14.3 Å². The molecule has 6 heteroatoms. The molecule has 2 unspecified atom stereocenters. The molecule has 0 aromatic carbocycles. The van der Waals surface area contributed by atoms with Crippen LogP contribution < -0.4 is 0 Å². The van der Waals surface area contributed by atoms with Crippen molar-refractivity contribution in [1.29, 1.82) is 0 Å². The van der Waals surface area contributed by atoms with E-state index < -0.39 is 0 Å². The molecule has 5 nitrogen and oxygen atoms in total. The fourth-order valence-electron chi connectivity index (χ4n) is 2.52. The number of ether oxygens (including phenoxy) is 1. The van der Waals surface area contributed by atoms with Crippen LogP contribution in [-0.4, -0.2) is 65.8 Å². The van der Waals surface area contributed by atoms with Crippen LogP contribution in [0.15, 0.2) is 0 Å². The van der Waals surface area contributed by atoms with Crippen molar-refractivity contribution < 1.29 is 14.3 Å². The van der Waals surface area contributed by atoms with Gasteiger partial charge in [-0.15, -0.1) is 0 Å². The molecule has 0 N–H and O–H groups in total. The second kappa shape index (κ2) is 5.35. The zero-order valence-corrected chi connectivity index (χ0v) is 11.5. The number of rotatable bonds is 3. The first kappa shape index (κ1) is 12.8. The molecule has 2 rings (SSSR count). The minimum atomic E-state index is -0.281. The normalized spacial score (nSPS) is 26.8. The van der Waals surface area contributed by atoms with Crippen molar-refractivity contribution in [2.45, 2.75) is 23.7 Å². The monoisotopic (exact) mass is 304 g/mol. The number of carbonyl (C=O) groups excluding carboxylic acids is 2. The van der Waals surface area contributed by atoms with Crippen molar-refractivity contribution in [2.75, 3.05) is 33.3 Å². The maximum atomic E-state index is 11.5. The third-order valence-corrected chi connectivity index (χ3v) is 4.12. The van der Waals surface area contributed by atoms with Gasteiger partial charge in [0.2, 0.25) is 5.91 Å². The number of carbonyl (C=O) groups is 2. The fourth-order valence-corrected chi connectivity index (χ4v) is 3.12. The smallest absolute Gasteiger partial charge is 0.320 e. The minimum Gasteiger partial charge on any atom is -0.468 e. The molecular weight excluding hydrogens is 288 g/mol. The van der Waals surface area contributed by atoms with Gasteiger partial charge in [0.05, 0.1) is 7.11 Å². The van der Waals surface area contributed by atoms with Crippen LogP contribution in [0.3, 0.4) is 0 Å². The van der Waals surface area contributed by atoms with Crippen molar-refractivity contribution in [3.8, 4) is 0 Å². The standard InChI is InChI=1S/C11H17BrN2O3/c1-17-11(16)9(12)7-13-4-5-14-8(6-13)2-3-10(14)15/h8-9H,2-7H2,1H3. The second-order valence-corrected chi connectivity index (χ2v) is 5.64. The summed E-state index contributed by atoms with van der Waals surface area (Å²) in [5, 5.41) is 0. The Labute approximate surface area is 109 Å². The van der Waals surface area contributed by atoms with Crippen LogP contribution in [0.2, 0.25) is 0 Å². The molecule has 2 heterocycles. The average Bonchev–Trinajstić information content (AvgIpc) is 2.69. The number of esters is 1. The molecule has 96 valence electrons. The van der Waals surface area contributed by atoms with Gasteiger partial charge in [-0.05, 0) is 6.42 Å². The Hall–Kier alpha value is -0.620. The predicted octanol–water partition coefficient (Wildman–Crippen LogP) is 0.229. The molecule has 0 aromatic rings. The number of hydrogen-bond acceptors (Lipinski definition) is 4. The van der Waals surface area contributed by atoms with E-state index in [1.165, 1.54) is 7.11 Å². The van der Waals surface area contributed by atoms with E-state index in [0.717, 1.165) is 26.1 Å². The van der Waals surface area contributed by atoms with Gasteiger partial charge in [-0.1, -0.05) is 15.9 Å². The summed E-state index contributed by atoms with van der Waals surface area (Å²) >= 11 is 3.33. The molecule has 2 atom stereocenters. The number of amides is 1. The first-order valence-electron chi connectivity index (χ1n) is 5.85. The van der Waals surface area contributed by atoms with Gasteiger partial charge in [0.15, 0.2) is 0 Å². The molecule has 0 aromatic heterocycles. The fraction of sp³-hybridized carbons (Fsp3) is 0.818. The maximum Gasteiger partial charge on any atom is 0.320 e. The Balaban J connectivity index is 1.85. The van der Waals surface area contributed by atoms with Gasteiger partial charge in [0, 0.05) is 38.6 Å². The summed E-state index contributed by atoms with van der Waals surface area (Å²) in [6.45, 7) is 3.13. The lowest BCUT2D eigenvalue weighted by molar-refractivity contribution is -0.140. The second-order valence-electron chi connectivity index (χ2n) is 4.53. The first-order chi connectivity index (χ1) is 8.11. The van der Waals surface area contributed by atoms with E-state index >= 15 is 0 Å². The number of fused-ring (bicyclic) bond motifs is 1. The van der Waals surface area contributed by atoms with E-state index in [4.69, 9.17) is 0 Å². The summed E-state index contributed by atoms with van der Waals surface area (Å²) in [5.74, 6) is 0.0351. The van der Waals surface area contributed by atoms with Gasteiger partial charge in [-0.3, -0.25) is 14.5 Å². The van der Waals surface area contributed by atoms with Crippen molar-refractivity contribution in [2.24, 2.45) is 0 Å². The molecule has 2 aliphatic heterocycles. The zero-order valence-electron chi connectivity index (χ0n) is 9.89. The SMILES string of the molecule is COC(=O)C(Br)CN1CCN2C(=O)CCC2C1. The highest BCUT2D eigenvalue weighted by molar-refractivity contribution is 9.10. The Bertz CT molecular complexity index is 324. The lowest BCUT2D eigenvalue weighted by atomic mass is 10.1. The number of hydrogen-bond donors (Lipinski definition) is 0. The molecule has 17 heavy (non-hydrogen) atoms. The van der Waals surface area contributed by atoms with Gasteiger partial charge in [0.1, 0.15) is 4.83 Å². The molecule has 0 saturated carbocycles. The number of halogens is 1. The van der Waals surface area contributed by atoms with Crippen molar-refractivity contribution >= 4 is 27.8 Å². The number of alkyl halides is 1. The topological polar surface area (TPSA) is 49.9 Å². The lowest BCUT2D eigenvalue weighted by Crippen LogP contribution is -2.53. The highest BCUT2D eigenvalue weighted by Gasteiger charge is 2.36. The molecule has 2 saturated heterocycles. The van der Waals surface area contributed by atoms with Gasteiger partial charge < -0.3 is 9.64 Å². The summed E-state index contributed by atoms with van der Waals surface area (Å²) in [4.78, 5) is 26.7. The third-order valence-electron chi connectivity index (χ3n) is 3.45. The van der Waals surface area contributed by atoms with Crippen LogP contribution >= 0.6 is 15.9 Å². The first-order valence-corrected chi connectivity index (χ1v) is 6.77. The molecule has 2 fully saturated rings. The van der Waals surface area contributed by atoms with Crippen molar-refractivity contribution in [3.63, 3.8) is 0 Å². The summed E-state index contributed by atoms with van der Waals surface area (Å²) in [7, 11) is 1.39. The third kappa shape index (κ3) is 2.80. The Morgan fingerprint density at radius 1 is 1.59 bits per heavy atom. The molecule has 0 aliphatic carbocycles. The highest BCUT2D eigenvalue weighted by atomic mass is 79.9. The summed E-state index contributed by atoms with van der Waals surface area (Å²) in [6.07, 6.45) is 1.62. The number of nitrogens with zero attached hydrogens (tertiary/aromatic N) is 2. The molecule has 0 bridgehead atoms. The van der Waals surface area contributed by atoms with Gasteiger partial charge in [0.25, 0.3) is 0 Å². The summed E-state index contributed by atoms with van der Waals surface area (Å²) in [6, 6.07) is 0.341. The van der Waals surface area contributed by atoms with E-state index in [1.807, 2.05) is 4.90 Å². The van der Waals surface area contributed by atoms with Crippen LogP contribution in [0.1, 0.15) is 12.8 Å². The zero-order chi connectivity index (χ0) is 12.4. The van der Waals surface area contributed by atoms with E-state index in [1.54, 1.807) is 0 Å². The van der Waals surface area contributed by atoms with E-state index in [-0.39, 0.29) is 16.7 Å². The molecule has 0 spiro atoms. The lowest BCUT2D eigenvalue weighted by Gasteiger charge is -2.38. The average molecular weight is 305 g/mol. The van der Waals surface area contributed by atoms with Crippen LogP contribution in [0.25, 0.3) is 0 Å². The number of piperazine rings is 1. The molecule has 1 amide bonds. The van der Waals surface area contributed by atoms with E-state index in [0.29, 0.717) is 19.0 Å². The Morgan fingerprint density at radius 2 is 2.35 bits per heavy atom. The van der Waals surface area contributed by atoms with Crippen molar-refractivity contribution in [1.82, 2.24) is 9.80 Å². The maximum absolute atomic E-state index is 11.5. The van der Waals surface area contributed by atoms with Gasteiger partial charge >= 0.3 is 5.97 Å². The minimum absolute atomic E-state index is 0.241. The largest absolute Gasteiger partial charge is 0.468 e. The van der Waals surface area contributed by atoms with Crippen LogP contribution in [0.5, 0.6) is 0 Å².